The van der Waals surface area contributed by atoms with Gasteiger partial charge in [0.1, 0.15) is 18.0 Å². The predicted molar refractivity (Wildman–Crippen MR) is 105 cm³/mol. The minimum atomic E-state index is -4.18. The van der Waals surface area contributed by atoms with Crippen molar-refractivity contribution in [2.45, 2.75) is 39.2 Å². The molecule has 3 N–H and O–H groups in total. The highest BCUT2D eigenvalue weighted by molar-refractivity contribution is 7.92. The standard InChI is InChI=1S/C18H27FN4O4S/c1-12(2)3-6-22-7-4-13(5-8-22)20-14-9-15(19)18(16(24)10-14)23-11-17(25)21-28(23,26)27/h9-10,12-13,20,24H,3-8,11H2,1-2H3,(H,21,25). The Kier molecular flexibility index (Phi) is 5.99. The minimum absolute atomic E-state index is 0.152. The molecular formula is C18H27FN4O4S. The third-order valence-corrected chi connectivity index (χ3v) is 6.47. The predicted octanol–water partition coefficient (Wildman–Crippen LogP) is 1.63. The summed E-state index contributed by atoms with van der Waals surface area (Å²) in [4.78, 5) is 13.8. The second-order valence-electron chi connectivity index (χ2n) is 7.81. The summed E-state index contributed by atoms with van der Waals surface area (Å²) in [5.74, 6) is -1.54. The maximum absolute atomic E-state index is 14.6. The number of hydrogen-bond donors (Lipinski definition) is 3. The van der Waals surface area contributed by atoms with Crippen molar-refractivity contribution in [1.82, 2.24) is 9.62 Å². The van der Waals surface area contributed by atoms with Crippen LogP contribution in [0.4, 0.5) is 15.8 Å². The largest absolute Gasteiger partial charge is 0.506 e. The van der Waals surface area contributed by atoms with Gasteiger partial charge in [-0.2, -0.15) is 8.42 Å². The first kappa shape index (κ1) is 20.7. The van der Waals surface area contributed by atoms with Gasteiger partial charge in [-0.3, -0.25) is 4.79 Å². The van der Waals surface area contributed by atoms with Gasteiger partial charge >= 0.3 is 10.2 Å². The van der Waals surface area contributed by atoms with Crippen molar-refractivity contribution in [3.8, 4) is 5.75 Å². The second kappa shape index (κ2) is 8.12. The third kappa shape index (κ3) is 4.67. The van der Waals surface area contributed by atoms with Crippen LogP contribution in [0.1, 0.15) is 33.1 Å². The fourth-order valence-corrected chi connectivity index (χ4v) is 4.71. The number of nitrogens with one attached hydrogen (secondary N) is 2. The number of carbonyl (C=O) groups excluding carboxylic acids is 1. The second-order valence-corrected chi connectivity index (χ2v) is 9.40. The molecule has 2 fully saturated rings. The number of carbonyl (C=O) groups is 1. The molecule has 0 aliphatic carbocycles. The molecule has 28 heavy (non-hydrogen) atoms. The maximum Gasteiger partial charge on any atom is 0.326 e. The normalized spacial score (nSPS) is 20.6. The Balaban J connectivity index is 1.65. The Labute approximate surface area is 164 Å². The van der Waals surface area contributed by atoms with Crippen LogP contribution in [-0.2, 0) is 15.0 Å². The lowest BCUT2D eigenvalue weighted by Crippen LogP contribution is -2.39. The van der Waals surface area contributed by atoms with E-state index in [2.05, 4.69) is 24.1 Å². The molecule has 156 valence electrons. The van der Waals surface area contributed by atoms with Gasteiger partial charge < -0.3 is 15.3 Å². The van der Waals surface area contributed by atoms with Crippen LogP contribution >= 0.6 is 0 Å². The number of aromatic hydroxyl groups is 1. The first-order valence-corrected chi connectivity index (χ1v) is 10.9. The Hall–Kier alpha value is -2.07. The van der Waals surface area contributed by atoms with Crippen LogP contribution < -0.4 is 14.3 Å². The van der Waals surface area contributed by atoms with E-state index in [0.29, 0.717) is 15.9 Å². The van der Waals surface area contributed by atoms with Crippen molar-refractivity contribution < 1.29 is 22.7 Å². The Morgan fingerprint density at radius 3 is 2.54 bits per heavy atom. The highest BCUT2D eigenvalue weighted by atomic mass is 32.2. The Morgan fingerprint density at radius 1 is 1.32 bits per heavy atom. The van der Waals surface area contributed by atoms with E-state index in [1.54, 1.807) is 4.72 Å². The number of piperidine rings is 1. The zero-order chi connectivity index (χ0) is 20.5. The van der Waals surface area contributed by atoms with Crippen LogP contribution in [0.2, 0.25) is 0 Å². The molecule has 2 aliphatic rings. The summed E-state index contributed by atoms with van der Waals surface area (Å²) < 4.78 is 40.7. The molecule has 1 amide bonds. The monoisotopic (exact) mass is 414 g/mol. The number of hydrogen-bond acceptors (Lipinski definition) is 6. The lowest BCUT2D eigenvalue weighted by molar-refractivity contribution is -0.117. The topological polar surface area (TPSA) is 102 Å². The van der Waals surface area contributed by atoms with Gasteiger partial charge in [-0.1, -0.05) is 13.8 Å². The minimum Gasteiger partial charge on any atom is -0.506 e. The van der Waals surface area contributed by atoms with Crippen molar-refractivity contribution in [2.75, 3.05) is 35.8 Å². The number of phenols is 1. The number of rotatable bonds is 6. The van der Waals surface area contributed by atoms with Crippen LogP contribution in [-0.4, -0.2) is 56.6 Å². The van der Waals surface area contributed by atoms with Gasteiger partial charge in [0.25, 0.3) is 5.91 Å². The molecule has 1 aromatic carbocycles. The van der Waals surface area contributed by atoms with Gasteiger partial charge in [0, 0.05) is 30.9 Å². The Bertz CT molecular complexity index is 815. The van der Waals surface area contributed by atoms with Crippen molar-refractivity contribution >= 4 is 27.5 Å². The molecule has 3 rings (SSSR count). The fourth-order valence-electron chi connectivity index (χ4n) is 3.54. The molecule has 1 aromatic rings. The summed E-state index contributed by atoms with van der Waals surface area (Å²) in [6, 6.07) is 2.60. The van der Waals surface area contributed by atoms with Crippen molar-refractivity contribution in [3.63, 3.8) is 0 Å². The van der Waals surface area contributed by atoms with Gasteiger partial charge in [0.05, 0.1) is 0 Å². The van der Waals surface area contributed by atoms with Crippen molar-refractivity contribution in [2.24, 2.45) is 5.92 Å². The average Bonchev–Trinajstić information content (AvgIpc) is 2.86. The fraction of sp³-hybridized carbons (Fsp3) is 0.611. The summed E-state index contributed by atoms with van der Waals surface area (Å²) in [6.07, 6.45) is 2.97. The van der Waals surface area contributed by atoms with Gasteiger partial charge in [-0.05, 0) is 37.8 Å². The average molecular weight is 415 g/mol. The maximum atomic E-state index is 14.6. The zero-order valence-corrected chi connectivity index (χ0v) is 16.9. The molecule has 0 spiro atoms. The SMILES string of the molecule is CC(C)CCN1CCC(Nc2cc(O)c(N3CC(=O)NS3(=O)=O)c(F)c2)CC1. The Morgan fingerprint density at radius 2 is 2.00 bits per heavy atom. The molecule has 2 saturated heterocycles. The number of phenolic OH excluding ortho intramolecular Hbond substituents is 1. The summed E-state index contributed by atoms with van der Waals surface area (Å²) in [5.41, 5.74) is -0.136. The lowest BCUT2D eigenvalue weighted by Gasteiger charge is -2.33. The van der Waals surface area contributed by atoms with Gasteiger partial charge in [0.15, 0.2) is 5.82 Å². The summed E-state index contributed by atoms with van der Waals surface area (Å²) >= 11 is 0. The summed E-state index contributed by atoms with van der Waals surface area (Å²) in [5, 5.41) is 13.4. The third-order valence-electron chi connectivity index (χ3n) is 5.09. The highest BCUT2D eigenvalue weighted by Gasteiger charge is 2.37. The van der Waals surface area contributed by atoms with E-state index >= 15 is 0 Å². The van der Waals surface area contributed by atoms with E-state index in [1.807, 2.05) is 0 Å². The molecular weight excluding hydrogens is 387 g/mol. The summed E-state index contributed by atoms with van der Waals surface area (Å²) in [6.45, 7) is 6.84. The lowest BCUT2D eigenvalue weighted by atomic mass is 10.0. The van der Waals surface area contributed by atoms with Crippen LogP contribution in [0.15, 0.2) is 12.1 Å². The molecule has 10 heteroatoms. The van der Waals surface area contributed by atoms with Crippen LogP contribution in [0.25, 0.3) is 0 Å². The number of nitrogens with zero attached hydrogens (tertiary/aromatic N) is 2. The van der Waals surface area contributed by atoms with Crippen LogP contribution in [0, 0.1) is 11.7 Å². The first-order chi connectivity index (χ1) is 13.2. The number of anilines is 2. The van der Waals surface area contributed by atoms with E-state index in [0.717, 1.165) is 45.0 Å². The molecule has 2 aliphatic heterocycles. The van der Waals surface area contributed by atoms with Gasteiger partial charge in [-0.15, -0.1) is 0 Å². The quantitative estimate of drug-likeness (QED) is 0.654. The molecule has 0 bridgehead atoms. The molecule has 0 radical (unpaired) electrons. The molecule has 0 unspecified atom stereocenters. The van der Waals surface area contributed by atoms with E-state index in [9.17, 15) is 22.7 Å². The smallest absolute Gasteiger partial charge is 0.326 e. The van der Waals surface area contributed by atoms with Gasteiger partial charge in [-0.25, -0.2) is 13.4 Å². The van der Waals surface area contributed by atoms with Crippen molar-refractivity contribution in [1.29, 1.82) is 0 Å². The summed E-state index contributed by atoms with van der Waals surface area (Å²) in [7, 11) is -4.18. The van der Waals surface area contributed by atoms with Crippen molar-refractivity contribution in [3.05, 3.63) is 17.9 Å². The number of amides is 1. The molecule has 0 atom stereocenters. The molecule has 0 saturated carbocycles. The van der Waals surface area contributed by atoms with E-state index in [1.165, 1.54) is 6.07 Å². The van der Waals surface area contributed by atoms with E-state index in [-0.39, 0.29) is 6.04 Å². The molecule has 0 aromatic heterocycles. The number of benzene rings is 1. The van der Waals surface area contributed by atoms with E-state index < -0.39 is 39.9 Å². The number of likely N-dealkylation sites (tertiary alicyclic amines) is 1. The first-order valence-electron chi connectivity index (χ1n) is 9.50. The van der Waals surface area contributed by atoms with Gasteiger partial charge in [0.2, 0.25) is 0 Å². The van der Waals surface area contributed by atoms with Crippen LogP contribution in [0.5, 0.6) is 5.75 Å². The zero-order valence-electron chi connectivity index (χ0n) is 16.1. The molecule has 8 nitrogen and oxygen atoms in total. The van der Waals surface area contributed by atoms with Crippen LogP contribution in [0.3, 0.4) is 0 Å². The highest BCUT2D eigenvalue weighted by Crippen LogP contribution is 2.36. The number of halogens is 1. The van der Waals surface area contributed by atoms with E-state index in [4.69, 9.17) is 0 Å². The molecule has 2 heterocycles.